The predicted molar refractivity (Wildman–Crippen MR) is 121 cm³/mol. The van der Waals surface area contributed by atoms with Gasteiger partial charge < -0.3 is 20.1 Å². The summed E-state index contributed by atoms with van der Waals surface area (Å²) >= 11 is 0. The number of nitrogens with zero attached hydrogens (tertiary/aromatic N) is 3. The molecule has 0 bridgehead atoms. The first-order valence-corrected chi connectivity index (χ1v) is 11.7. The molecule has 1 amide bonds. The van der Waals surface area contributed by atoms with Gasteiger partial charge in [-0.3, -0.25) is 4.79 Å². The molecule has 8 nitrogen and oxygen atoms in total. The maximum atomic E-state index is 13.4. The fraction of sp³-hybridized carbons (Fsp3) is 0.520. The molecule has 1 saturated heterocycles. The van der Waals surface area contributed by atoms with Crippen LogP contribution >= 0.6 is 0 Å². The molecule has 176 valence electrons. The Balaban J connectivity index is 1.55. The van der Waals surface area contributed by atoms with Crippen LogP contribution < -0.4 is 5.73 Å². The van der Waals surface area contributed by atoms with Crippen molar-refractivity contribution < 1.29 is 23.9 Å². The topological polar surface area (TPSA) is 115 Å². The highest BCUT2D eigenvalue weighted by molar-refractivity contribution is 5.82. The summed E-state index contributed by atoms with van der Waals surface area (Å²) in [5.74, 6) is -1.26. The third kappa shape index (κ3) is 4.37. The number of benzene rings is 1. The molecule has 1 aromatic carbocycles. The molecule has 1 aliphatic carbocycles. The van der Waals surface area contributed by atoms with E-state index in [1.54, 1.807) is 24.4 Å². The van der Waals surface area contributed by atoms with Gasteiger partial charge in [0.05, 0.1) is 13.6 Å². The van der Waals surface area contributed by atoms with E-state index in [4.69, 9.17) is 10.5 Å². The zero-order valence-electron chi connectivity index (χ0n) is 19.1. The van der Waals surface area contributed by atoms with Gasteiger partial charge in [-0.05, 0) is 24.5 Å². The molecule has 0 spiro atoms. The Morgan fingerprint density at radius 1 is 1.18 bits per heavy atom. The molecule has 8 heteroatoms. The summed E-state index contributed by atoms with van der Waals surface area (Å²) in [7, 11) is 1.96. The first-order chi connectivity index (χ1) is 15.9. The summed E-state index contributed by atoms with van der Waals surface area (Å²) in [5, 5.41) is 11.7. The van der Waals surface area contributed by atoms with E-state index in [0.29, 0.717) is 22.3 Å². The maximum absolute atomic E-state index is 13.4. The van der Waals surface area contributed by atoms with Crippen molar-refractivity contribution in [3.63, 3.8) is 0 Å². The summed E-state index contributed by atoms with van der Waals surface area (Å²) in [6.07, 6.45) is 8.21. The largest absolute Gasteiger partial charge is 0.457 e. The Kier molecular flexibility index (Phi) is 6.76. The molecule has 1 aromatic heterocycles. The lowest BCUT2D eigenvalue weighted by molar-refractivity contribution is -0.941. The Morgan fingerprint density at radius 3 is 2.55 bits per heavy atom. The number of primary amides is 1. The molecule has 3 unspecified atom stereocenters. The van der Waals surface area contributed by atoms with Crippen molar-refractivity contribution in [2.24, 2.45) is 11.7 Å². The second-order valence-electron chi connectivity index (χ2n) is 9.52. The van der Waals surface area contributed by atoms with Crippen LogP contribution in [0.4, 0.5) is 0 Å². The van der Waals surface area contributed by atoms with Crippen molar-refractivity contribution in [2.75, 3.05) is 20.2 Å². The van der Waals surface area contributed by atoms with Crippen LogP contribution in [0.5, 0.6) is 0 Å². The number of likely N-dealkylation sites (tertiary alicyclic amines) is 1. The van der Waals surface area contributed by atoms with Gasteiger partial charge in [0.1, 0.15) is 24.7 Å². The van der Waals surface area contributed by atoms with Gasteiger partial charge in [0.25, 0.3) is 5.91 Å². The number of aromatic nitrogens is 2. The minimum absolute atomic E-state index is 0.103. The Labute approximate surface area is 194 Å². The van der Waals surface area contributed by atoms with Crippen LogP contribution in [0.25, 0.3) is 0 Å². The van der Waals surface area contributed by atoms with E-state index in [9.17, 15) is 14.7 Å². The molecule has 4 rings (SSSR count). The van der Waals surface area contributed by atoms with Gasteiger partial charge in [0.15, 0.2) is 5.60 Å². The van der Waals surface area contributed by atoms with Crippen molar-refractivity contribution in [2.45, 2.75) is 56.2 Å². The average molecular weight is 454 g/mol. The quantitative estimate of drug-likeness (QED) is 0.468. The molecule has 33 heavy (non-hydrogen) atoms. The minimum atomic E-state index is -1.67. The summed E-state index contributed by atoms with van der Waals surface area (Å²) in [4.78, 5) is 34.1. The van der Waals surface area contributed by atoms with Crippen LogP contribution in [-0.4, -0.2) is 57.7 Å². The predicted octanol–water partition coefficient (Wildman–Crippen LogP) is 2.23. The SMILES string of the molecule is C[N+]1(C(C(N)=O)c2ccncn2)CCC[C@@H]1COC(=O)C(O)(c1ccccc1)C1CCCC1. The smallest absolute Gasteiger partial charge is 0.343 e. The van der Waals surface area contributed by atoms with E-state index < -0.39 is 23.5 Å². The molecular weight excluding hydrogens is 420 g/mol. The third-order valence-corrected chi connectivity index (χ3v) is 7.63. The molecule has 1 saturated carbocycles. The van der Waals surface area contributed by atoms with Crippen LogP contribution in [0.2, 0.25) is 0 Å². The monoisotopic (exact) mass is 453 g/mol. The number of amides is 1. The molecular formula is C25H33N4O4+. The van der Waals surface area contributed by atoms with E-state index in [2.05, 4.69) is 9.97 Å². The summed E-state index contributed by atoms with van der Waals surface area (Å²) in [6.45, 7) is 0.817. The summed E-state index contributed by atoms with van der Waals surface area (Å²) in [6, 6.07) is 9.99. The number of carbonyl (C=O) groups is 2. The third-order valence-electron chi connectivity index (χ3n) is 7.63. The Morgan fingerprint density at radius 2 is 1.91 bits per heavy atom. The minimum Gasteiger partial charge on any atom is -0.457 e. The average Bonchev–Trinajstić information content (AvgIpc) is 3.49. The lowest BCUT2D eigenvalue weighted by atomic mass is 9.80. The lowest BCUT2D eigenvalue weighted by Gasteiger charge is -2.41. The number of rotatable bonds is 8. The van der Waals surface area contributed by atoms with E-state index in [0.717, 1.165) is 38.5 Å². The normalized spacial score (nSPS) is 25.9. The number of likely N-dealkylation sites (N-methyl/N-ethyl adjacent to an activating group) is 1. The highest BCUT2D eigenvalue weighted by Gasteiger charge is 2.51. The second-order valence-corrected chi connectivity index (χ2v) is 9.52. The molecule has 2 aliphatic rings. The van der Waals surface area contributed by atoms with E-state index in [-0.39, 0.29) is 18.6 Å². The number of esters is 1. The maximum Gasteiger partial charge on any atom is 0.343 e. The van der Waals surface area contributed by atoms with Gasteiger partial charge in [-0.25, -0.2) is 14.8 Å². The van der Waals surface area contributed by atoms with Crippen molar-refractivity contribution in [3.05, 3.63) is 60.2 Å². The lowest BCUT2D eigenvalue weighted by Crippen LogP contribution is -2.57. The van der Waals surface area contributed by atoms with Crippen LogP contribution in [-0.2, 0) is 19.9 Å². The highest BCUT2D eigenvalue weighted by Crippen LogP contribution is 2.42. The second kappa shape index (κ2) is 9.57. The number of carbonyl (C=O) groups excluding carboxylic acids is 2. The van der Waals surface area contributed by atoms with Gasteiger partial charge >= 0.3 is 5.97 Å². The molecule has 2 fully saturated rings. The first-order valence-electron chi connectivity index (χ1n) is 11.7. The van der Waals surface area contributed by atoms with Crippen molar-refractivity contribution >= 4 is 11.9 Å². The molecule has 3 N–H and O–H groups in total. The molecule has 2 aromatic rings. The number of hydrogen-bond donors (Lipinski definition) is 2. The molecule has 4 atom stereocenters. The number of aliphatic hydroxyl groups is 1. The Hall–Kier alpha value is -2.84. The Bertz CT molecular complexity index is 967. The van der Waals surface area contributed by atoms with E-state index in [1.807, 2.05) is 25.2 Å². The number of nitrogens with two attached hydrogens (primary N) is 1. The van der Waals surface area contributed by atoms with Gasteiger partial charge in [0, 0.05) is 25.0 Å². The van der Waals surface area contributed by atoms with Crippen molar-refractivity contribution in [1.82, 2.24) is 9.97 Å². The van der Waals surface area contributed by atoms with Crippen LogP contribution in [0, 0.1) is 5.92 Å². The van der Waals surface area contributed by atoms with Gasteiger partial charge in [-0.15, -0.1) is 0 Å². The van der Waals surface area contributed by atoms with Crippen LogP contribution in [0.1, 0.15) is 55.8 Å². The molecule has 2 heterocycles. The van der Waals surface area contributed by atoms with Gasteiger partial charge in [0.2, 0.25) is 6.04 Å². The first kappa shape index (κ1) is 23.3. The number of ether oxygens (including phenoxy) is 1. The van der Waals surface area contributed by atoms with Gasteiger partial charge in [-0.1, -0.05) is 43.2 Å². The van der Waals surface area contributed by atoms with Crippen LogP contribution in [0.15, 0.2) is 48.9 Å². The highest BCUT2D eigenvalue weighted by atomic mass is 16.6. The number of quaternary nitrogens is 1. The van der Waals surface area contributed by atoms with Crippen molar-refractivity contribution in [3.8, 4) is 0 Å². The van der Waals surface area contributed by atoms with Gasteiger partial charge in [-0.2, -0.15) is 0 Å². The fourth-order valence-electron chi connectivity index (χ4n) is 5.78. The fourth-order valence-corrected chi connectivity index (χ4v) is 5.78. The summed E-state index contributed by atoms with van der Waals surface area (Å²) < 4.78 is 6.14. The zero-order valence-corrected chi connectivity index (χ0v) is 19.1. The molecule has 1 aliphatic heterocycles. The van der Waals surface area contributed by atoms with Crippen molar-refractivity contribution in [1.29, 1.82) is 0 Å². The zero-order chi connectivity index (χ0) is 23.5. The van der Waals surface area contributed by atoms with E-state index >= 15 is 0 Å². The van der Waals surface area contributed by atoms with E-state index in [1.165, 1.54) is 6.33 Å². The number of hydrogen-bond acceptors (Lipinski definition) is 6. The van der Waals surface area contributed by atoms with Crippen LogP contribution in [0.3, 0.4) is 0 Å². The summed E-state index contributed by atoms with van der Waals surface area (Å²) in [5.41, 5.74) is 5.28. The standard InChI is InChI=1S/C25H32N4O4/c1-29(22(23(26)30)21-13-14-27-17-28-21)15-7-12-20(29)16-33-24(31)25(32,19-10-5-6-11-19)18-8-3-2-4-9-18/h2-4,8-9,13-14,17,19-20,22,32H,5-7,10-12,15-16H2,1H3,(H-,26,30)/p+1/t20-,22?,25?,29?/m1/s1. The molecule has 0 radical (unpaired) electrons.